The maximum Gasteiger partial charge on any atom is 0.264 e. The molecule has 1 saturated carbocycles. The van der Waals surface area contributed by atoms with Gasteiger partial charge in [0.1, 0.15) is 0 Å². The quantitative estimate of drug-likeness (QED) is 0.839. The van der Waals surface area contributed by atoms with Gasteiger partial charge in [0.2, 0.25) is 0 Å². The third-order valence-electron chi connectivity index (χ3n) is 3.75. The minimum Gasteiger partial charge on any atom is -0.327 e. The van der Waals surface area contributed by atoms with Gasteiger partial charge in [-0.1, -0.05) is 12.1 Å². The van der Waals surface area contributed by atoms with Crippen molar-refractivity contribution in [3.63, 3.8) is 0 Å². The van der Waals surface area contributed by atoms with Crippen molar-refractivity contribution >= 4 is 0 Å². The molecule has 1 fully saturated rings. The molecule has 1 aliphatic carbocycles. The first-order valence-corrected chi connectivity index (χ1v) is 5.62. The molecule has 2 rings (SSSR count). The van der Waals surface area contributed by atoms with E-state index in [0.717, 1.165) is 18.4 Å². The number of hydrogen-bond donors (Lipinski definition) is 1. The summed E-state index contributed by atoms with van der Waals surface area (Å²) < 4.78 is 25.6. The van der Waals surface area contributed by atoms with Crippen LogP contribution in [-0.4, -0.2) is 6.04 Å². The molecule has 0 aromatic heterocycles. The molecule has 0 amide bonds. The lowest BCUT2D eigenvalue weighted by Gasteiger charge is -2.21. The first-order valence-electron chi connectivity index (χ1n) is 5.62. The molecule has 2 N–H and O–H groups in total. The molecule has 1 aromatic carbocycles. The predicted octanol–water partition coefficient (Wildman–Crippen LogP) is 3.31. The van der Waals surface area contributed by atoms with Gasteiger partial charge in [0.05, 0.1) is 0 Å². The van der Waals surface area contributed by atoms with Crippen LogP contribution < -0.4 is 5.73 Å². The average molecular weight is 225 g/mol. The molecule has 0 spiro atoms. The fourth-order valence-corrected chi connectivity index (χ4v) is 2.33. The zero-order chi connectivity index (χ0) is 11.9. The van der Waals surface area contributed by atoms with Crippen LogP contribution in [0.5, 0.6) is 0 Å². The summed E-state index contributed by atoms with van der Waals surface area (Å²) in [5, 5.41) is 0. The van der Waals surface area contributed by atoms with Crippen molar-refractivity contribution in [2.45, 2.75) is 44.6 Å². The van der Waals surface area contributed by atoms with Gasteiger partial charge in [0, 0.05) is 17.0 Å². The normalized spacial score (nSPS) is 19.9. The summed E-state index contributed by atoms with van der Waals surface area (Å²) in [6, 6.07) is 5.38. The summed E-state index contributed by atoms with van der Waals surface area (Å²) >= 11 is 0. The van der Waals surface area contributed by atoms with Crippen LogP contribution in [-0.2, 0) is 5.41 Å². The molecular weight excluding hydrogens is 208 g/mol. The van der Waals surface area contributed by atoms with Crippen molar-refractivity contribution in [1.82, 2.24) is 0 Å². The number of rotatable bonds is 3. The summed E-state index contributed by atoms with van der Waals surface area (Å²) in [7, 11) is 0. The van der Waals surface area contributed by atoms with Crippen molar-refractivity contribution in [2.75, 3.05) is 0 Å². The topological polar surface area (TPSA) is 26.0 Å². The Morgan fingerprint density at radius 1 is 1.31 bits per heavy atom. The Hall–Kier alpha value is -0.960. The monoisotopic (exact) mass is 225 g/mol. The molecule has 88 valence electrons. The lowest BCUT2D eigenvalue weighted by Crippen LogP contribution is -2.31. The smallest absolute Gasteiger partial charge is 0.264 e. The molecule has 0 heterocycles. The first-order chi connectivity index (χ1) is 7.47. The average Bonchev–Trinajstić information content (AvgIpc) is 2.98. The van der Waals surface area contributed by atoms with Crippen LogP contribution >= 0.6 is 0 Å². The summed E-state index contributed by atoms with van der Waals surface area (Å²) in [5.41, 5.74) is 7.67. The van der Waals surface area contributed by atoms with Crippen molar-refractivity contribution in [2.24, 2.45) is 5.73 Å². The van der Waals surface area contributed by atoms with Gasteiger partial charge in [-0.2, -0.15) is 0 Å². The summed E-state index contributed by atoms with van der Waals surface area (Å²) in [6.45, 7) is 3.67. The molecule has 0 bridgehead atoms. The molecule has 1 atom stereocenters. The van der Waals surface area contributed by atoms with Gasteiger partial charge in [-0.25, -0.2) is 8.78 Å². The maximum absolute atomic E-state index is 12.8. The van der Waals surface area contributed by atoms with E-state index in [0.29, 0.717) is 5.56 Å². The molecule has 0 saturated heterocycles. The fourth-order valence-electron chi connectivity index (χ4n) is 2.33. The van der Waals surface area contributed by atoms with Crippen LogP contribution in [0.15, 0.2) is 18.2 Å². The first kappa shape index (κ1) is 11.5. The van der Waals surface area contributed by atoms with Crippen LogP contribution in [0.2, 0.25) is 0 Å². The van der Waals surface area contributed by atoms with E-state index in [-0.39, 0.29) is 17.0 Å². The largest absolute Gasteiger partial charge is 0.327 e. The molecule has 16 heavy (non-hydrogen) atoms. The molecular formula is C13H17F2N. The highest BCUT2D eigenvalue weighted by molar-refractivity contribution is 5.40. The van der Waals surface area contributed by atoms with Gasteiger partial charge in [-0.15, -0.1) is 0 Å². The lowest BCUT2D eigenvalue weighted by atomic mass is 9.87. The Balaban J connectivity index is 2.40. The van der Waals surface area contributed by atoms with Crippen LogP contribution in [0.1, 0.15) is 42.9 Å². The standard InChI is InChI=1S/C13H17F2N/c1-8-3-4-10(7-11(8)12(14)15)13(5-6-13)9(2)16/h3-4,7,9,12H,5-6,16H2,1-2H3. The number of hydrogen-bond acceptors (Lipinski definition) is 1. The summed E-state index contributed by atoms with van der Waals surface area (Å²) in [4.78, 5) is 0. The number of nitrogens with two attached hydrogens (primary N) is 1. The van der Waals surface area contributed by atoms with Crippen molar-refractivity contribution in [1.29, 1.82) is 0 Å². The minimum atomic E-state index is -2.40. The molecule has 0 radical (unpaired) electrons. The number of halogens is 2. The highest BCUT2D eigenvalue weighted by Gasteiger charge is 2.47. The molecule has 0 aliphatic heterocycles. The Morgan fingerprint density at radius 2 is 1.94 bits per heavy atom. The summed E-state index contributed by atoms with van der Waals surface area (Å²) in [6.07, 6.45) is -0.379. The fraction of sp³-hybridized carbons (Fsp3) is 0.538. The molecule has 1 aromatic rings. The van der Waals surface area contributed by atoms with E-state index in [1.807, 2.05) is 13.0 Å². The maximum atomic E-state index is 12.8. The van der Waals surface area contributed by atoms with E-state index in [4.69, 9.17) is 5.73 Å². The van der Waals surface area contributed by atoms with Gasteiger partial charge in [0.25, 0.3) is 6.43 Å². The van der Waals surface area contributed by atoms with E-state index in [2.05, 4.69) is 0 Å². The molecule has 1 unspecified atom stereocenters. The third-order valence-corrected chi connectivity index (χ3v) is 3.75. The highest BCUT2D eigenvalue weighted by atomic mass is 19.3. The second kappa shape index (κ2) is 3.81. The highest BCUT2D eigenvalue weighted by Crippen LogP contribution is 2.50. The Kier molecular flexibility index (Phi) is 2.74. The van der Waals surface area contributed by atoms with E-state index in [1.165, 1.54) is 0 Å². The van der Waals surface area contributed by atoms with E-state index < -0.39 is 6.43 Å². The van der Waals surface area contributed by atoms with Crippen LogP contribution in [0.4, 0.5) is 8.78 Å². The van der Waals surface area contributed by atoms with E-state index >= 15 is 0 Å². The zero-order valence-electron chi connectivity index (χ0n) is 9.63. The number of alkyl halides is 2. The van der Waals surface area contributed by atoms with Crippen molar-refractivity contribution < 1.29 is 8.78 Å². The third kappa shape index (κ3) is 1.73. The second-order valence-corrected chi connectivity index (χ2v) is 4.82. The molecule has 1 aliphatic rings. The number of benzene rings is 1. The van der Waals surface area contributed by atoms with E-state index in [1.54, 1.807) is 19.1 Å². The minimum absolute atomic E-state index is 0.0285. The molecule has 1 nitrogen and oxygen atoms in total. The van der Waals surface area contributed by atoms with Crippen LogP contribution in [0.25, 0.3) is 0 Å². The molecule has 3 heteroatoms. The second-order valence-electron chi connectivity index (χ2n) is 4.82. The van der Waals surface area contributed by atoms with E-state index in [9.17, 15) is 8.78 Å². The number of aryl methyl sites for hydroxylation is 1. The van der Waals surface area contributed by atoms with Gasteiger partial charge in [0.15, 0.2) is 0 Å². The van der Waals surface area contributed by atoms with Crippen molar-refractivity contribution in [3.05, 3.63) is 34.9 Å². The Labute approximate surface area is 94.7 Å². The van der Waals surface area contributed by atoms with Crippen LogP contribution in [0.3, 0.4) is 0 Å². The van der Waals surface area contributed by atoms with Gasteiger partial charge >= 0.3 is 0 Å². The SMILES string of the molecule is Cc1ccc(C2(C(C)N)CC2)cc1C(F)F. The van der Waals surface area contributed by atoms with Gasteiger partial charge < -0.3 is 5.73 Å². The predicted molar refractivity (Wildman–Crippen MR) is 60.7 cm³/mol. The zero-order valence-corrected chi connectivity index (χ0v) is 9.63. The van der Waals surface area contributed by atoms with Crippen LogP contribution in [0, 0.1) is 6.92 Å². The van der Waals surface area contributed by atoms with Gasteiger partial charge in [-0.05, 0) is 43.9 Å². The Bertz CT molecular complexity index is 395. The van der Waals surface area contributed by atoms with Crippen molar-refractivity contribution in [3.8, 4) is 0 Å². The Morgan fingerprint density at radius 3 is 2.38 bits per heavy atom. The summed E-state index contributed by atoms with van der Waals surface area (Å²) in [5.74, 6) is 0. The lowest BCUT2D eigenvalue weighted by molar-refractivity contribution is 0.150. The van der Waals surface area contributed by atoms with Gasteiger partial charge in [-0.3, -0.25) is 0 Å².